The van der Waals surface area contributed by atoms with Gasteiger partial charge in [-0.2, -0.15) is 13.2 Å². The van der Waals surface area contributed by atoms with Crippen LogP contribution in [0.1, 0.15) is 5.56 Å². The van der Waals surface area contributed by atoms with Gasteiger partial charge in [-0.25, -0.2) is 4.98 Å². The number of halogens is 5. The van der Waals surface area contributed by atoms with Crippen LogP contribution in [0.3, 0.4) is 0 Å². The molecule has 1 aromatic rings. The van der Waals surface area contributed by atoms with Gasteiger partial charge in [0.05, 0.1) is 10.5 Å². The molecule has 0 aliphatic heterocycles. The fourth-order valence-electron chi connectivity index (χ4n) is 0.786. The Kier molecular flexibility index (Phi) is 3.05. The Hall–Kier alpha value is -1.08. The third kappa shape index (κ3) is 2.48. The number of hydrogen-bond donors (Lipinski definition) is 0. The molecule has 0 fully saturated rings. The van der Waals surface area contributed by atoms with Crippen LogP contribution in [0.5, 0.6) is 0 Å². The van der Waals surface area contributed by atoms with Crippen LogP contribution >= 0.6 is 23.2 Å². The molecule has 0 saturated carbocycles. The van der Waals surface area contributed by atoms with Crippen molar-refractivity contribution in [2.75, 3.05) is 0 Å². The molecule has 0 N–H and O–H groups in total. The first-order chi connectivity index (χ1) is 6.73. The highest BCUT2D eigenvalue weighted by atomic mass is 35.5. The molecular formula is C6HCl2F3N2O2. The second-order valence-corrected chi connectivity index (χ2v) is 3.11. The molecule has 0 bridgehead atoms. The van der Waals surface area contributed by atoms with Crippen molar-refractivity contribution in [3.63, 3.8) is 0 Å². The molecule has 1 aromatic heterocycles. The third-order valence-electron chi connectivity index (χ3n) is 1.41. The van der Waals surface area contributed by atoms with Crippen LogP contribution in [0, 0.1) is 10.1 Å². The number of aromatic nitrogens is 1. The van der Waals surface area contributed by atoms with E-state index >= 15 is 0 Å². The van der Waals surface area contributed by atoms with Crippen molar-refractivity contribution in [1.29, 1.82) is 0 Å². The summed E-state index contributed by atoms with van der Waals surface area (Å²) in [4.78, 5) is 12.2. The van der Waals surface area contributed by atoms with Crippen molar-refractivity contribution in [3.8, 4) is 0 Å². The zero-order chi connectivity index (χ0) is 11.8. The van der Waals surface area contributed by atoms with Crippen LogP contribution < -0.4 is 0 Å². The first-order valence-corrected chi connectivity index (χ1v) is 4.06. The van der Waals surface area contributed by atoms with Crippen LogP contribution in [0.25, 0.3) is 0 Å². The van der Waals surface area contributed by atoms with E-state index in [2.05, 4.69) is 4.98 Å². The molecular weight excluding hydrogens is 260 g/mol. The monoisotopic (exact) mass is 260 g/mol. The van der Waals surface area contributed by atoms with Gasteiger partial charge in [0.2, 0.25) is 5.15 Å². The molecule has 0 aliphatic carbocycles. The lowest BCUT2D eigenvalue weighted by Crippen LogP contribution is -2.08. The molecule has 0 amide bonds. The molecule has 0 spiro atoms. The normalized spacial score (nSPS) is 11.5. The maximum Gasteiger partial charge on any atom is 0.419 e. The van der Waals surface area contributed by atoms with Gasteiger partial charge in [-0.15, -0.1) is 0 Å². The van der Waals surface area contributed by atoms with Crippen molar-refractivity contribution in [2.24, 2.45) is 0 Å². The zero-order valence-corrected chi connectivity index (χ0v) is 8.19. The highest BCUT2D eigenvalue weighted by Crippen LogP contribution is 2.37. The molecule has 0 atom stereocenters. The van der Waals surface area contributed by atoms with Crippen molar-refractivity contribution >= 4 is 28.9 Å². The Bertz CT molecular complexity index is 422. The fourth-order valence-corrected chi connectivity index (χ4v) is 1.28. The highest BCUT2D eigenvalue weighted by Gasteiger charge is 2.36. The van der Waals surface area contributed by atoms with E-state index in [-0.39, 0.29) is 6.07 Å². The number of nitro groups is 1. The summed E-state index contributed by atoms with van der Waals surface area (Å²) in [6, 6.07) is 0.248. The van der Waals surface area contributed by atoms with Crippen LogP contribution in [0.4, 0.5) is 18.9 Å². The van der Waals surface area contributed by atoms with Crippen LogP contribution in [0.2, 0.25) is 10.3 Å². The minimum Gasteiger partial charge on any atom is -0.258 e. The van der Waals surface area contributed by atoms with Gasteiger partial charge < -0.3 is 0 Å². The van der Waals surface area contributed by atoms with Gasteiger partial charge in [0.1, 0.15) is 5.15 Å². The first kappa shape index (κ1) is 12.0. The minimum atomic E-state index is -4.81. The van der Waals surface area contributed by atoms with E-state index in [0.29, 0.717) is 0 Å². The fraction of sp³-hybridized carbons (Fsp3) is 0.167. The lowest BCUT2D eigenvalue weighted by atomic mass is 10.2. The quantitative estimate of drug-likeness (QED) is 0.442. The Morgan fingerprint density at radius 2 is 1.87 bits per heavy atom. The van der Waals surface area contributed by atoms with E-state index in [4.69, 9.17) is 23.2 Å². The average molecular weight is 261 g/mol. The van der Waals surface area contributed by atoms with Crippen molar-refractivity contribution < 1.29 is 18.1 Å². The van der Waals surface area contributed by atoms with Gasteiger partial charge in [-0.3, -0.25) is 10.1 Å². The summed E-state index contributed by atoms with van der Waals surface area (Å²) in [5.41, 5.74) is -2.33. The summed E-state index contributed by atoms with van der Waals surface area (Å²) in [5.74, 6) is 0. The lowest BCUT2D eigenvalue weighted by Gasteiger charge is -2.07. The maximum absolute atomic E-state index is 12.2. The van der Waals surface area contributed by atoms with Crippen LogP contribution in [0.15, 0.2) is 6.07 Å². The standard InChI is InChI=1S/C6HCl2F3N2O2/c7-4-2(6(9,10)11)1-3(13(14)15)5(8)12-4/h1H. The molecule has 0 radical (unpaired) electrons. The van der Waals surface area contributed by atoms with E-state index in [1.54, 1.807) is 0 Å². The summed E-state index contributed by atoms with van der Waals surface area (Å²) < 4.78 is 36.7. The highest BCUT2D eigenvalue weighted by molar-refractivity contribution is 6.34. The Balaban J connectivity index is 3.43. The Morgan fingerprint density at radius 1 is 1.33 bits per heavy atom. The predicted molar refractivity (Wildman–Crippen MR) is 45.9 cm³/mol. The summed E-state index contributed by atoms with van der Waals surface area (Å²) in [6.45, 7) is 0. The molecule has 0 aliphatic rings. The first-order valence-electron chi connectivity index (χ1n) is 3.31. The molecule has 15 heavy (non-hydrogen) atoms. The third-order valence-corrected chi connectivity index (χ3v) is 1.98. The van der Waals surface area contributed by atoms with Gasteiger partial charge in [0, 0.05) is 6.07 Å². The second kappa shape index (κ2) is 3.82. The summed E-state index contributed by atoms with van der Waals surface area (Å²) in [6.07, 6.45) is -4.81. The molecule has 1 heterocycles. The minimum absolute atomic E-state index is 0.248. The van der Waals surface area contributed by atoms with Crippen LogP contribution in [-0.2, 0) is 6.18 Å². The SMILES string of the molecule is O=[N+]([O-])c1cc(C(F)(F)F)c(Cl)nc1Cl. The summed E-state index contributed by atoms with van der Waals surface area (Å²) >= 11 is 10.4. The Labute approximate surface area is 90.8 Å². The largest absolute Gasteiger partial charge is 0.419 e. The van der Waals surface area contributed by atoms with Crippen LogP contribution in [-0.4, -0.2) is 9.91 Å². The van der Waals surface area contributed by atoms with Gasteiger partial charge in [-0.05, 0) is 0 Å². The van der Waals surface area contributed by atoms with Gasteiger partial charge in [0.25, 0.3) is 0 Å². The summed E-state index contributed by atoms with van der Waals surface area (Å²) in [7, 11) is 0. The molecule has 9 heteroatoms. The number of alkyl halides is 3. The molecule has 82 valence electrons. The topological polar surface area (TPSA) is 56.0 Å². The van der Waals surface area contributed by atoms with E-state index in [9.17, 15) is 23.3 Å². The maximum atomic E-state index is 12.2. The number of pyridine rings is 1. The van der Waals surface area contributed by atoms with E-state index in [1.807, 2.05) is 0 Å². The van der Waals surface area contributed by atoms with Gasteiger partial charge in [0.15, 0.2) is 0 Å². The average Bonchev–Trinajstić information content (AvgIpc) is 2.00. The zero-order valence-electron chi connectivity index (χ0n) is 6.68. The van der Waals surface area contributed by atoms with E-state index in [0.717, 1.165) is 0 Å². The molecule has 0 saturated heterocycles. The van der Waals surface area contributed by atoms with E-state index in [1.165, 1.54) is 0 Å². The smallest absolute Gasteiger partial charge is 0.258 e. The molecule has 1 rings (SSSR count). The van der Waals surface area contributed by atoms with Crippen molar-refractivity contribution in [1.82, 2.24) is 4.98 Å². The molecule has 0 unspecified atom stereocenters. The number of nitrogens with zero attached hydrogens (tertiary/aromatic N) is 2. The van der Waals surface area contributed by atoms with E-state index < -0.39 is 32.7 Å². The number of hydrogen-bond acceptors (Lipinski definition) is 3. The Morgan fingerprint density at radius 3 is 2.27 bits per heavy atom. The number of rotatable bonds is 1. The van der Waals surface area contributed by atoms with Crippen molar-refractivity contribution in [2.45, 2.75) is 6.18 Å². The summed E-state index contributed by atoms with van der Waals surface area (Å²) in [5, 5.41) is 8.68. The van der Waals surface area contributed by atoms with Gasteiger partial charge >= 0.3 is 11.9 Å². The van der Waals surface area contributed by atoms with Gasteiger partial charge in [-0.1, -0.05) is 23.2 Å². The van der Waals surface area contributed by atoms with Crippen molar-refractivity contribution in [3.05, 3.63) is 32.1 Å². The molecule has 4 nitrogen and oxygen atoms in total. The second-order valence-electron chi connectivity index (χ2n) is 2.39. The lowest BCUT2D eigenvalue weighted by molar-refractivity contribution is -0.385. The predicted octanol–water partition coefficient (Wildman–Crippen LogP) is 3.32. The molecule has 0 aromatic carbocycles.